The summed E-state index contributed by atoms with van der Waals surface area (Å²) in [4.78, 5) is 22.2. The van der Waals surface area contributed by atoms with E-state index in [0.29, 0.717) is 11.5 Å². The number of carbonyl (C=O) groups excluding carboxylic acids is 1. The molecule has 0 N–H and O–H groups in total. The van der Waals surface area contributed by atoms with Crippen LogP contribution in [-0.4, -0.2) is 49.3 Å². The minimum absolute atomic E-state index is 0.194. The molecule has 1 fully saturated rings. The molecule has 0 saturated carbocycles. The Labute approximate surface area is 209 Å². The van der Waals surface area contributed by atoms with Gasteiger partial charge in [-0.05, 0) is 53.7 Å². The van der Waals surface area contributed by atoms with Crippen molar-refractivity contribution in [1.29, 1.82) is 0 Å². The fourth-order valence-corrected chi connectivity index (χ4v) is 5.05. The zero-order valence-corrected chi connectivity index (χ0v) is 20.4. The Bertz CT molecular complexity index is 1230. The highest BCUT2D eigenvalue weighted by Crippen LogP contribution is 2.33. The number of anilines is 1. The van der Waals surface area contributed by atoms with E-state index in [1.54, 1.807) is 7.11 Å². The van der Waals surface area contributed by atoms with E-state index in [4.69, 9.17) is 9.47 Å². The van der Waals surface area contributed by atoms with E-state index in [-0.39, 0.29) is 5.91 Å². The number of benzene rings is 3. The van der Waals surface area contributed by atoms with E-state index in [1.807, 2.05) is 72.8 Å². The molecule has 5 rings (SSSR count). The van der Waals surface area contributed by atoms with Gasteiger partial charge in [-0.3, -0.25) is 4.79 Å². The van der Waals surface area contributed by atoms with E-state index in [0.717, 1.165) is 54.0 Å². The van der Waals surface area contributed by atoms with Crippen molar-refractivity contribution in [2.45, 2.75) is 6.61 Å². The van der Waals surface area contributed by atoms with Crippen molar-refractivity contribution in [3.05, 3.63) is 94.9 Å². The second kappa shape index (κ2) is 10.7. The topological polar surface area (TPSA) is 54.4 Å². The lowest BCUT2D eigenvalue weighted by molar-refractivity contribution is -0.113. The first-order valence-electron chi connectivity index (χ1n) is 11.6. The van der Waals surface area contributed by atoms with Gasteiger partial charge in [-0.2, -0.15) is 4.99 Å². The Kier molecular flexibility index (Phi) is 7.04. The molecule has 3 aromatic rings. The molecule has 0 radical (unpaired) electrons. The van der Waals surface area contributed by atoms with E-state index in [2.05, 4.69) is 26.9 Å². The summed E-state index contributed by atoms with van der Waals surface area (Å²) in [5.74, 6) is 1.41. The van der Waals surface area contributed by atoms with Crippen molar-refractivity contribution >= 4 is 34.6 Å². The molecule has 0 aliphatic carbocycles. The number of rotatable bonds is 6. The highest BCUT2D eigenvalue weighted by molar-refractivity contribution is 8.18. The number of nitrogens with zero attached hydrogens (tertiary/aromatic N) is 3. The van der Waals surface area contributed by atoms with Crippen molar-refractivity contribution < 1.29 is 14.3 Å². The normalized spacial score (nSPS) is 17.0. The van der Waals surface area contributed by atoms with Crippen molar-refractivity contribution in [1.82, 2.24) is 4.90 Å². The maximum atomic E-state index is 12.7. The summed E-state index contributed by atoms with van der Waals surface area (Å²) in [5, 5.41) is 0.776. The monoisotopic (exact) mass is 485 g/mol. The number of piperazine rings is 1. The molecule has 3 aromatic carbocycles. The van der Waals surface area contributed by atoms with Crippen molar-refractivity contribution in [2.24, 2.45) is 4.99 Å². The maximum Gasteiger partial charge on any atom is 0.286 e. The second-order valence-electron chi connectivity index (χ2n) is 8.29. The van der Waals surface area contributed by atoms with Crippen LogP contribution in [0.1, 0.15) is 11.1 Å². The van der Waals surface area contributed by atoms with Gasteiger partial charge in [-0.1, -0.05) is 48.5 Å². The number of aliphatic imine (C=N–C) groups is 1. The number of amides is 1. The van der Waals surface area contributed by atoms with Gasteiger partial charge in [-0.15, -0.1) is 0 Å². The summed E-state index contributed by atoms with van der Waals surface area (Å²) in [6.07, 6.45) is 1.89. The second-order valence-corrected chi connectivity index (χ2v) is 9.30. The fraction of sp³-hybridized carbons (Fsp3) is 0.214. The molecule has 7 heteroatoms. The van der Waals surface area contributed by atoms with Gasteiger partial charge < -0.3 is 19.3 Å². The van der Waals surface area contributed by atoms with Gasteiger partial charge in [0.1, 0.15) is 18.1 Å². The first-order chi connectivity index (χ1) is 17.2. The summed E-state index contributed by atoms with van der Waals surface area (Å²) in [7, 11) is 1.67. The Hall–Kier alpha value is -3.71. The summed E-state index contributed by atoms with van der Waals surface area (Å²) >= 11 is 1.44. The molecule has 0 atom stereocenters. The van der Waals surface area contributed by atoms with Gasteiger partial charge in [0.2, 0.25) is 0 Å². The zero-order valence-electron chi connectivity index (χ0n) is 19.6. The summed E-state index contributed by atoms with van der Waals surface area (Å²) in [6, 6.07) is 26.0. The van der Waals surface area contributed by atoms with Crippen LogP contribution >= 0.6 is 11.8 Å². The molecule has 2 aliphatic heterocycles. The molecule has 0 bridgehead atoms. The minimum atomic E-state index is -0.194. The largest absolute Gasteiger partial charge is 0.497 e. The van der Waals surface area contributed by atoms with E-state index in [1.165, 1.54) is 17.4 Å². The third-order valence-corrected chi connectivity index (χ3v) is 7.08. The number of hydrogen-bond donors (Lipinski definition) is 0. The average Bonchev–Trinajstić information content (AvgIpc) is 3.29. The fourth-order valence-electron chi connectivity index (χ4n) is 4.09. The number of amidine groups is 1. The van der Waals surface area contributed by atoms with Gasteiger partial charge in [0, 0.05) is 37.4 Å². The van der Waals surface area contributed by atoms with E-state index < -0.39 is 0 Å². The van der Waals surface area contributed by atoms with Crippen LogP contribution in [0, 0.1) is 0 Å². The highest BCUT2D eigenvalue weighted by atomic mass is 32.2. The van der Waals surface area contributed by atoms with Gasteiger partial charge in [0.15, 0.2) is 5.17 Å². The molecule has 0 spiro atoms. The van der Waals surface area contributed by atoms with Crippen LogP contribution in [0.4, 0.5) is 5.69 Å². The molecular formula is C28H27N3O3S. The lowest BCUT2D eigenvalue weighted by Gasteiger charge is -2.36. The SMILES string of the molecule is COc1ccc(N2CCN(C3=NC(=O)/C(=C/c4ccccc4OCc4ccccc4)S3)CC2)cc1. The van der Waals surface area contributed by atoms with Crippen LogP contribution in [0.15, 0.2) is 88.8 Å². The molecule has 35 heavy (non-hydrogen) atoms. The van der Waals surface area contributed by atoms with E-state index >= 15 is 0 Å². The quantitative estimate of drug-likeness (QED) is 0.455. The van der Waals surface area contributed by atoms with Crippen LogP contribution in [0.25, 0.3) is 6.08 Å². The Morgan fingerprint density at radius 3 is 2.31 bits per heavy atom. The predicted octanol–water partition coefficient (Wildman–Crippen LogP) is 5.07. The molecular weight excluding hydrogens is 458 g/mol. The van der Waals surface area contributed by atoms with E-state index in [9.17, 15) is 4.79 Å². The van der Waals surface area contributed by atoms with Crippen molar-refractivity contribution in [3.63, 3.8) is 0 Å². The molecule has 1 amide bonds. The summed E-state index contributed by atoms with van der Waals surface area (Å²) in [6.45, 7) is 3.84. The third-order valence-electron chi connectivity index (χ3n) is 6.04. The van der Waals surface area contributed by atoms with Gasteiger partial charge in [0.05, 0.1) is 12.0 Å². The Morgan fingerprint density at radius 2 is 1.57 bits per heavy atom. The predicted molar refractivity (Wildman–Crippen MR) is 142 cm³/mol. The summed E-state index contributed by atoms with van der Waals surface area (Å²) < 4.78 is 11.3. The van der Waals surface area contributed by atoms with Gasteiger partial charge in [0.25, 0.3) is 5.91 Å². The Balaban J connectivity index is 1.21. The van der Waals surface area contributed by atoms with Crippen LogP contribution in [-0.2, 0) is 11.4 Å². The minimum Gasteiger partial charge on any atom is -0.497 e. The maximum absolute atomic E-state index is 12.7. The summed E-state index contributed by atoms with van der Waals surface area (Å²) in [5.41, 5.74) is 3.15. The smallest absolute Gasteiger partial charge is 0.286 e. The van der Waals surface area contributed by atoms with Crippen molar-refractivity contribution in [2.75, 3.05) is 38.2 Å². The number of methoxy groups -OCH3 is 1. The number of ether oxygens (including phenoxy) is 2. The number of hydrogen-bond acceptors (Lipinski definition) is 6. The molecule has 2 heterocycles. The van der Waals surface area contributed by atoms with Crippen LogP contribution in [0.3, 0.4) is 0 Å². The molecule has 0 unspecified atom stereocenters. The molecule has 1 saturated heterocycles. The average molecular weight is 486 g/mol. The molecule has 6 nitrogen and oxygen atoms in total. The lowest BCUT2D eigenvalue weighted by Crippen LogP contribution is -2.47. The number of para-hydroxylation sites is 1. The van der Waals surface area contributed by atoms with Gasteiger partial charge >= 0.3 is 0 Å². The molecule has 178 valence electrons. The standard InChI is InChI=1S/C28H27N3O3S/c1-33-24-13-11-23(12-14-24)30-15-17-31(18-16-30)28-29-27(32)26(35-28)19-22-9-5-6-10-25(22)34-20-21-7-3-2-4-8-21/h2-14,19H,15-18,20H2,1H3/b26-19-. The highest BCUT2D eigenvalue weighted by Gasteiger charge is 2.28. The van der Waals surface area contributed by atoms with Crippen LogP contribution in [0.2, 0.25) is 0 Å². The lowest BCUT2D eigenvalue weighted by atomic mass is 10.2. The van der Waals surface area contributed by atoms with Crippen LogP contribution in [0.5, 0.6) is 11.5 Å². The third kappa shape index (κ3) is 5.52. The molecule has 2 aliphatic rings. The number of thioether (sulfide) groups is 1. The first kappa shape index (κ1) is 23.1. The first-order valence-corrected chi connectivity index (χ1v) is 12.4. The Morgan fingerprint density at radius 1 is 0.886 bits per heavy atom. The van der Waals surface area contributed by atoms with Crippen molar-refractivity contribution in [3.8, 4) is 11.5 Å². The van der Waals surface area contributed by atoms with Crippen LogP contribution < -0.4 is 14.4 Å². The zero-order chi connectivity index (χ0) is 24.0. The van der Waals surface area contributed by atoms with Gasteiger partial charge in [-0.25, -0.2) is 0 Å². The number of carbonyl (C=O) groups is 1. The molecule has 0 aromatic heterocycles.